The lowest BCUT2D eigenvalue weighted by Crippen LogP contribution is -2.24. The van der Waals surface area contributed by atoms with Crippen LogP contribution >= 0.6 is 0 Å². The predicted octanol–water partition coefficient (Wildman–Crippen LogP) is 4.23. The largest absolute Gasteiger partial charge is 0.487 e. The molecule has 2 nitrogen and oxygen atoms in total. The van der Waals surface area contributed by atoms with Gasteiger partial charge in [0, 0.05) is 18.0 Å². The first-order valence-electron chi connectivity index (χ1n) is 7.23. The fraction of sp³-hybridized carbons (Fsp3) is 0.333. The van der Waals surface area contributed by atoms with Gasteiger partial charge in [-0.15, -0.1) is 0 Å². The Morgan fingerprint density at radius 1 is 1.19 bits per heavy atom. The zero-order valence-electron chi connectivity index (χ0n) is 12.6. The zero-order valence-corrected chi connectivity index (χ0v) is 12.6. The number of hydrogen-bond donors (Lipinski definition) is 1. The van der Waals surface area contributed by atoms with E-state index in [1.807, 2.05) is 31.2 Å². The third-order valence-corrected chi connectivity index (χ3v) is 3.89. The van der Waals surface area contributed by atoms with Gasteiger partial charge >= 0.3 is 0 Å². The van der Waals surface area contributed by atoms with Gasteiger partial charge < -0.3 is 10.5 Å². The van der Waals surface area contributed by atoms with E-state index in [1.54, 1.807) is 6.07 Å². The Bertz CT molecular complexity index is 692. The molecule has 0 aromatic heterocycles. The van der Waals surface area contributed by atoms with Gasteiger partial charge in [-0.25, -0.2) is 4.39 Å². The minimum absolute atomic E-state index is 0.110. The molecule has 0 radical (unpaired) electrons. The number of hydrogen-bond acceptors (Lipinski definition) is 2. The monoisotopic (exact) mass is 285 g/mol. The highest BCUT2D eigenvalue weighted by Crippen LogP contribution is 2.38. The van der Waals surface area contributed by atoms with E-state index in [0.717, 1.165) is 28.9 Å². The van der Waals surface area contributed by atoms with Crippen LogP contribution in [0, 0.1) is 5.82 Å². The second-order valence-electron chi connectivity index (χ2n) is 6.39. The normalized spacial score (nSPS) is 17.2. The summed E-state index contributed by atoms with van der Waals surface area (Å²) in [5.41, 5.74) is 9.23. The van der Waals surface area contributed by atoms with Crippen molar-refractivity contribution in [1.29, 1.82) is 0 Å². The molecular formula is C18H20FNO. The summed E-state index contributed by atoms with van der Waals surface area (Å²) < 4.78 is 20.0. The first-order valence-corrected chi connectivity index (χ1v) is 7.23. The van der Waals surface area contributed by atoms with E-state index in [2.05, 4.69) is 13.8 Å². The first kappa shape index (κ1) is 14.1. The molecule has 1 aliphatic rings. The number of halogens is 1. The van der Waals surface area contributed by atoms with Crippen LogP contribution in [0.15, 0.2) is 36.4 Å². The maximum atomic E-state index is 14.2. The van der Waals surface area contributed by atoms with Crippen molar-refractivity contribution in [2.45, 2.75) is 38.8 Å². The van der Waals surface area contributed by atoms with Crippen molar-refractivity contribution in [3.8, 4) is 16.9 Å². The van der Waals surface area contributed by atoms with Gasteiger partial charge in [0.15, 0.2) is 0 Å². The van der Waals surface area contributed by atoms with Gasteiger partial charge in [-0.2, -0.15) is 0 Å². The van der Waals surface area contributed by atoms with E-state index in [1.165, 1.54) is 6.07 Å². The van der Waals surface area contributed by atoms with E-state index in [4.69, 9.17) is 10.5 Å². The number of ether oxygens (including phenoxy) is 1. The molecule has 2 N–H and O–H groups in total. The van der Waals surface area contributed by atoms with Gasteiger partial charge in [0.05, 0.1) is 0 Å². The highest BCUT2D eigenvalue weighted by molar-refractivity contribution is 5.67. The molecule has 2 aromatic carbocycles. The maximum absolute atomic E-state index is 14.2. The molecule has 3 heteroatoms. The number of rotatable bonds is 2. The van der Waals surface area contributed by atoms with Crippen LogP contribution < -0.4 is 10.5 Å². The Labute approximate surface area is 124 Å². The molecule has 110 valence electrons. The van der Waals surface area contributed by atoms with Gasteiger partial charge in [0.25, 0.3) is 0 Å². The summed E-state index contributed by atoms with van der Waals surface area (Å²) in [6.45, 7) is 6.02. The summed E-state index contributed by atoms with van der Waals surface area (Å²) in [6.07, 6.45) is 0.838. The molecule has 1 atom stereocenters. The number of nitrogens with two attached hydrogens (primary N) is 1. The Kier molecular flexibility index (Phi) is 3.25. The smallest absolute Gasteiger partial charge is 0.131 e. The highest BCUT2D eigenvalue weighted by Gasteiger charge is 2.30. The van der Waals surface area contributed by atoms with Crippen LogP contribution in [-0.2, 0) is 6.42 Å². The molecule has 3 rings (SSSR count). The van der Waals surface area contributed by atoms with Crippen LogP contribution in [0.3, 0.4) is 0 Å². The first-order chi connectivity index (χ1) is 9.85. The van der Waals surface area contributed by atoms with Crippen molar-refractivity contribution in [2.24, 2.45) is 5.73 Å². The predicted molar refractivity (Wildman–Crippen MR) is 82.8 cm³/mol. The van der Waals surface area contributed by atoms with Gasteiger partial charge in [-0.05, 0) is 61.7 Å². The zero-order chi connectivity index (χ0) is 15.2. The summed E-state index contributed by atoms with van der Waals surface area (Å²) in [7, 11) is 0. The van der Waals surface area contributed by atoms with E-state index in [9.17, 15) is 4.39 Å². The van der Waals surface area contributed by atoms with Gasteiger partial charge in [0.1, 0.15) is 17.2 Å². The quantitative estimate of drug-likeness (QED) is 0.896. The Morgan fingerprint density at radius 2 is 1.95 bits per heavy atom. The highest BCUT2D eigenvalue weighted by atomic mass is 19.1. The fourth-order valence-corrected chi connectivity index (χ4v) is 2.82. The topological polar surface area (TPSA) is 35.2 Å². The second-order valence-corrected chi connectivity index (χ2v) is 6.39. The molecule has 21 heavy (non-hydrogen) atoms. The molecule has 0 spiro atoms. The van der Waals surface area contributed by atoms with Crippen molar-refractivity contribution < 1.29 is 9.13 Å². The molecule has 2 aromatic rings. The lowest BCUT2D eigenvalue weighted by Gasteiger charge is -2.16. The number of benzene rings is 2. The van der Waals surface area contributed by atoms with E-state index in [0.29, 0.717) is 5.56 Å². The van der Waals surface area contributed by atoms with Crippen molar-refractivity contribution in [3.05, 3.63) is 53.3 Å². The summed E-state index contributed by atoms with van der Waals surface area (Å²) in [4.78, 5) is 0. The van der Waals surface area contributed by atoms with Gasteiger partial charge in [0.2, 0.25) is 0 Å². The summed E-state index contributed by atoms with van der Waals surface area (Å²) in [5.74, 6) is 0.671. The van der Waals surface area contributed by atoms with Gasteiger partial charge in [-0.3, -0.25) is 0 Å². The minimum atomic E-state index is -0.225. The van der Waals surface area contributed by atoms with Crippen molar-refractivity contribution in [1.82, 2.24) is 0 Å². The molecule has 0 bridgehead atoms. The van der Waals surface area contributed by atoms with Crippen LogP contribution in [0.25, 0.3) is 11.1 Å². The molecule has 0 aliphatic carbocycles. The molecule has 0 saturated heterocycles. The van der Waals surface area contributed by atoms with Crippen LogP contribution in [-0.4, -0.2) is 5.60 Å². The molecule has 1 aliphatic heterocycles. The van der Waals surface area contributed by atoms with Crippen LogP contribution in [0.4, 0.5) is 4.39 Å². The molecule has 0 fully saturated rings. The Balaban J connectivity index is 2.05. The Hall–Kier alpha value is -1.87. The second kappa shape index (κ2) is 4.85. The van der Waals surface area contributed by atoms with Crippen LogP contribution in [0.1, 0.15) is 37.9 Å². The molecule has 0 saturated carbocycles. The minimum Gasteiger partial charge on any atom is -0.487 e. The van der Waals surface area contributed by atoms with Gasteiger partial charge in [-0.1, -0.05) is 12.1 Å². The van der Waals surface area contributed by atoms with Crippen molar-refractivity contribution in [2.75, 3.05) is 0 Å². The number of fused-ring (bicyclic) bond motifs is 1. The van der Waals surface area contributed by atoms with E-state index < -0.39 is 0 Å². The van der Waals surface area contributed by atoms with E-state index >= 15 is 0 Å². The summed E-state index contributed by atoms with van der Waals surface area (Å²) in [6, 6.07) is 10.8. The molecule has 1 heterocycles. The third-order valence-electron chi connectivity index (χ3n) is 3.89. The standard InChI is InChI=1S/C18H20FNO/c1-11(20)12-4-6-16(19)15(9-12)13-5-7-17-14(8-13)10-18(2,3)21-17/h4-9,11H,10,20H2,1-3H3. The summed E-state index contributed by atoms with van der Waals surface area (Å²) in [5, 5.41) is 0. The molecular weight excluding hydrogens is 265 g/mol. The molecule has 1 unspecified atom stereocenters. The van der Waals surface area contributed by atoms with E-state index in [-0.39, 0.29) is 17.5 Å². The van der Waals surface area contributed by atoms with Crippen LogP contribution in [0.5, 0.6) is 5.75 Å². The van der Waals surface area contributed by atoms with Crippen molar-refractivity contribution >= 4 is 0 Å². The average Bonchev–Trinajstić information content (AvgIpc) is 2.71. The van der Waals surface area contributed by atoms with Crippen molar-refractivity contribution in [3.63, 3.8) is 0 Å². The van der Waals surface area contributed by atoms with Crippen LogP contribution in [0.2, 0.25) is 0 Å². The third kappa shape index (κ3) is 2.66. The summed E-state index contributed by atoms with van der Waals surface area (Å²) >= 11 is 0. The lowest BCUT2D eigenvalue weighted by molar-refractivity contribution is 0.138. The lowest BCUT2D eigenvalue weighted by atomic mass is 9.95. The fourth-order valence-electron chi connectivity index (χ4n) is 2.82. The maximum Gasteiger partial charge on any atom is 0.131 e. The Morgan fingerprint density at radius 3 is 2.67 bits per heavy atom. The SMILES string of the molecule is CC(N)c1ccc(F)c(-c2ccc3c(c2)CC(C)(C)O3)c1. The molecule has 0 amide bonds. The average molecular weight is 285 g/mol.